The number of benzene rings is 1. The molecule has 1 N–H and O–H groups in total. The molecule has 13 heteroatoms. The molecule has 0 unspecified atom stereocenters. The van der Waals surface area contributed by atoms with Crippen LogP contribution in [0.5, 0.6) is 0 Å². The number of carbonyl (C=O) groups excluding carboxylic acids is 1. The van der Waals surface area contributed by atoms with E-state index in [2.05, 4.69) is 10.4 Å². The predicted molar refractivity (Wildman–Crippen MR) is 88.1 cm³/mol. The van der Waals surface area contributed by atoms with Gasteiger partial charge in [0.2, 0.25) is 5.91 Å². The van der Waals surface area contributed by atoms with Crippen LogP contribution in [0.25, 0.3) is 0 Å². The summed E-state index contributed by atoms with van der Waals surface area (Å²) in [5, 5.41) is 1.12. The van der Waals surface area contributed by atoms with Gasteiger partial charge in [-0.1, -0.05) is 0 Å². The molecular formula is C17H14F8N4O. The molecule has 2 aliphatic rings. The van der Waals surface area contributed by atoms with Gasteiger partial charge in [0, 0.05) is 30.8 Å². The van der Waals surface area contributed by atoms with Crippen molar-refractivity contribution in [1.82, 2.24) is 15.3 Å². The SMILES string of the molecule is O=C(C=CN1CN=C(c2cc(C(F)(F)F)cc(C(F)(F)F)c2)N1)N1CCC(F)(F)C1. The number of hydrazine groups is 1. The smallest absolute Gasteiger partial charge is 0.333 e. The molecule has 1 amide bonds. The van der Waals surface area contributed by atoms with Gasteiger partial charge in [0.25, 0.3) is 5.92 Å². The fraction of sp³-hybridized carbons (Fsp3) is 0.412. The summed E-state index contributed by atoms with van der Waals surface area (Å²) in [7, 11) is 0. The highest BCUT2D eigenvalue weighted by Gasteiger charge is 2.40. The summed E-state index contributed by atoms with van der Waals surface area (Å²) in [6, 6.07) is 1.04. The van der Waals surface area contributed by atoms with E-state index in [0.717, 1.165) is 22.2 Å². The highest BCUT2D eigenvalue weighted by Crippen LogP contribution is 2.36. The number of carbonyl (C=O) groups is 1. The minimum absolute atomic E-state index is 0.00116. The average molecular weight is 442 g/mol. The standard InChI is InChI=1S/C17H14F8N4O/c18-15(19)2-4-28(8-15)13(30)1-3-29-9-26-14(27-29)10-5-11(16(20,21)22)7-12(6-10)17(23,24)25/h1,3,5-7H,2,4,8-9H2,(H,26,27). The van der Waals surface area contributed by atoms with E-state index >= 15 is 0 Å². The molecule has 2 aliphatic heterocycles. The summed E-state index contributed by atoms with van der Waals surface area (Å²) in [5.74, 6) is -3.94. The van der Waals surface area contributed by atoms with E-state index in [1.807, 2.05) is 0 Å². The number of nitrogens with one attached hydrogen (secondary N) is 1. The first kappa shape index (κ1) is 21.8. The van der Waals surface area contributed by atoms with Crippen molar-refractivity contribution in [2.75, 3.05) is 19.8 Å². The first-order valence-electron chi connectivity index (χ1n) is 8.47. The molecule has 164 valence electrons. The second-order valence-corrected chi connectivity index (χ2v) is 6.71. The predicted octanol–water partition coefficient (Wildman–Crippen LogP) is 3.63. The number of amides is 1. The van der Waals surface area contributed by atoms with Gasteiger partial charge < -0.3 is 4.90 Å². The van der Waals surface area contributed by atoms with Crippen molar-refractivity contribution in [3.8, 4) is 0 Å². The molecule has 30 heavy (non-hydrogen) atoms. The lowest BCUT2D eigenvalue weighted by molar-refractivity contribution is -0.143. The van der Waals surface area contributed by atoms with Gasteiger partial charge in [-0.15, -0.1) is 0 Å². The zero-order valence-electron chi connectivity index (χ0n) is 15.0. The maximum absolute atomic E-state index is 13.1. The van der Waals surface area contributed by atoms with E-state index in [0.29, 0.717) is 12.1 Å². The molecule has 0 aromatic heterocycles. The molecule has 1 aromatic rings. The molecule has 0 saturated carbocycles. The molecular weight excluding hydrogens is 428 g/mol. The highest BCUT2D eigenvalue weighted by atomic mass is 19.4. The van der Waals surface area contributed by atoms with Crippen LogP contribution in [0.2, 0.25) is 0 Å². The van der Waals surface area contributed by atoms with Crippen LogP contribution < -0.4 is 5.43 Å². The minimum atomic E-state index is -5.00. The molecule has 1 aromatic carbocycles. The van der Waals surface area contributed by atoms with Crippen LogP contribution in [-0.2, 0) is 17.1 Å². The largest absolute Gasteiger partial charge is 0.416 e. The van der Waals surface area contributed by atoms with Crippen molar-refractivity contribution in [2.24, 2.45) is 4.99 Å². The van der Waals surface area contributed by atoms with E-state index < -0.39 is 53.8 Å². The number of aliphatic imine (C=N–C) groups is 1. The molecule has 0 spiro atoms. The van der Waals surface area contributed by atoms with E-state index in [1.165, 1.54) is 0 Å². The second-order valence-electron chi connectivity index (χ2n) is 6.71. The van der Waals surface area contributed by atoms with Crippen molar-refractivity contribution in [1.29, 1.82) is 0 Å². The van der Waals surface area contributed by atoms with Gasteiger partial charge in [-0.3, -0.25) is 15.2 Å². The van der Waals surface area contributed by atoms with E-state index in [1.54, 1.807) is 0 Å². The van der Waals surface area contributed by atoms with Crippen molar-refractivity contribution >= 4 is 11.7 Å². The Labute approximate surface area is 164 Å². The molecule has 0 aliphatic carbocycles. The Bertz CT molecular complexity index is 858. The summed E-state index contributed by atoms with van der Waals surface area (Å²) in [5.41, 5.74) is -0.956. The van der Waals surface area contributed by atoms with Gasteiger partial charge in [0.05, 0.1) is 17.7 Å². The van der Waals surface area contributed by atoms with Gasteiger partial charge in [0.1, 0.15) is 12.5 Å². The third kappa shape index (κ3) is 5.00. The fourth-order valence-electron chi connectivity index (χ4n) is 2.87. The van der Waals surface area contributed by atoms with Gasteiger partial charge in [-0.05, 0) is 18.2 Å². The Morgan fingerprint density at radius 3 is 2.17 bits per heavy atom. The molecule has 5 nitrogen and oxygen atoms in total. The normalized spacial score (nSPS) is 19.4. The Hall–Kier alpha value is -2.86. The minimum Gasteiger partial charge on any atom is -0.333 e. The van der Waals surface area contributed by atoms with Crippen molar-refractivity contribution in [3.63, 3.8) is 0 Å². The van der Waals surface area contributed by atoms with Crippen LogP contribution in [0.3, 0.4) is 0 Å². The Balaban J connectivity index is 1.72. The third-order valence-corrected chi connectivity index (χ3v) is 4.37. The molecule has 0 radical (unpaired) electrons. The summed E-state index contributed by atoms with van der Waals surface area (Å²) in [6.07, 6.45) is -8.38. The summed E-state index contributed by atoms with van der Waals surface area (Å²) in [6.45, 7) is -1.07. The average Bonchev–Trinajstić information content (AvgIpc) is 3.24. The van der Waals surface area contributed by atoms with E-state index in [9.17, 15) is 39.9 Å². The van der Waals surface area contributed by atoms with Crippen molar-refractivity contribution in [2.45, 2.75) is 24.7 Å². The molecule has 2 heterocycles. The van der Waals surface area contributed by atoms with Crippen LogP contribution in [0.4, 0.5) is 35.1 Å². The molecule has 0 bridgehead atoms. The first-order valence-corrected chi connectivity index (χ1v) is 8.47. The van der Waals surface area contributed by atoms with E-state index in [-0.39, 0.29) is 25.1 Å². The molecule has 0 atom stereocenters. The summed E-state index contributed by atoms with van der Waals surface area (Å²) < 4.78 is 104. The highest BCUT2D eigenvalue weighted by molar-refractivity contribution is 5.99. The van der Waals surface area contributed by atoms with Crippen LogP contribution >= 0.6 is 0 Å². The zero-order valence-corrected chi connectivity index (χ0v) is 15.0. The van der Waals surface area contributed by atoms with Gasteiger partial charge in [-0.25, -0.2) is 13.8 Å². The van der Waals surface area contributed by atoms with Crippen LogP contribution in [0.1, 0.15) is 23.1 Å². The number of alkyl halides is 8. The number of nitrogens with zero attached hydrogens (tertiary/aromatic N) is 3. The Kier molecular flexibility index (Phi) is 5.41. The van der Waals surface area contributed by atoms with Crippen molar-refractivity contribution < 1.29 is 39.9 Å². The molecule has 1 fully saturated rings. The number of halogens is 8. The third-order valence-electron chi connectivity index (χ3n) is 4.37. The second kappa shape index (κ2) is 7.43. The lowest BCUT2D eigenvalue weighted by atomic mass is 10.0. The number of hydrogen-bond donors (Lipinski definition) is 1. The van der Waals surface area contributed by atoms with Crippen LogP contribution in [0, 0.1) is 0 Å². The molecule has 3 rings (SSSR count). The monoisotopic (exact) mass is 442 g/mol. The van der Waals surface area contributed by atoms with E-state index in [4.69, 9.17) is 0 Å². The zero-order chi connectivity index (χ0) is 22.3. The Morgan fingerprint density at radius 1 is 1.07 bits per heavy atom. The number of rotatable bonds is 3. The van der Waals surface area contributed by atoms with Crippen molar-refractivity contribution in [3.05, 3.63) is 47.2 Å². The van der Waals surface area contributed by atoms with Crippen LogP contribution in [-0.4, -0.2) is 47.3 Å². The molecule has 1 saturated heterocycles. The lowest BCUT2D eigenvalue weighted by Gasteiger charge is -2.17. The first-order chi connectivity index (χ1) is 13.7. The number of amidine groups is 1. The number of hydrogen-bond acceptors (Lipinski definition) is 4. The lowest BCUT2D eigenvalue weighted by Crippen LogP contribution is -2.34. The maximum atomic E-state index is 13.1. The quantitative estimate of drug-likeness (QED) is 0.575. The topological polar surface area (TPSA) is 47.9 Å². The maximum Gasteiger partial charge on any atom is 0.416 e. The van der Waals surface area contributed by atoms with Gasteiger partial charge >= 0.3 is 12.4 Å². The Morgan fingerprint density at radius 2 is 1.67 bits per heavy atom. The fourth-order valence-corrected chi connectivity index (χ4v) is 2.87. The van der Waals surface area contributed by atoms with Gasteiger partial charge in [0.15, 0.2) is 0 Å². The van der Waals surface area contributed by atoms with Crippen LogP contribution in [0.15, 0.2) is 35.5 Å². The summed E-state index contributed by atoms with van der Waals surface area (Å²) in [4.78, 5) is 16.7. The number of likely N-dealkylation sites (tertiary alicyclic amines) is 1. The van der Waals surface area contributed by atoms with Gasteiger partial charge in [-0.2, -0.15) is 26.3 Å². The summed E-state index contributed by atoms with van der Waals surface area (Å²) >= 11 is 0.